The van der Waals surface area contributed by atoms with E-state index >= 15 is 0 Å². The van der Waals surface area contributed by atoms with Gasteiger partial charge in [-0.25, -0.2) is 18.7 Å². The molecule has 0 aliphatic heterocycles. The first-order valence-electron chi connectivity index (χ1n) is 10.5. The molecule has 1 atom stereocenters. The molecule has 0 aliphatic rings. The molecule has 0 aliphatic carbocycles. The van der Waals surface area contributed by atoms with Crippen LogP contribution >= 0.6 is 0 Å². The summed E-state index contributed by atoms with van der Waals surface area (Å²) >= 11 is 0. The van der Waals surface area contributed by atoms with Gasteiger partial charge in [-0.3, -0.25) is 5.10 Å². The van der Waals surface area contributed by atoms with Crippen molar-refractivity contribution in [3.8, 4) is 22.8 Å². The summed E-state index contributed by atoms with van der Waals surface area (Å²) in [6.45, 7) is 3.52. The summed E-state index contributed by atoms with van der Waals surface area (Å²) in [6, 6.07) is 12.1. The minimum atomic E-state index is -0.622. The van der Waals surface area contributed by atoms with Gasteiger partial charge in [-0.2, -0.15) is 5.10 Å². The number of nitrogens with one attached hydrogen (secondary N) is 3. The second-order valence-corrected chi connectivity index (χ2v) is 7.58. The zero-order valence-corrected chi connectivity index (χ0v) is 19.1. The fraction of sp³-hybridized carbons (Fsp3) is 0.208. The van der Waals surface area contributed by atoms with Gasteiger partial charge in [0.2, 0.25) is 0 Å². The number of H-pyrrole nitrogens is 1. The van der Waals surface area contributed by atoms with Crippen molar-refractivity contribution in [1.29, 1.82) is 0 Å². The molecule has 0 spiro atoms. The van der Waals surface area contributed by atoms with Gasteiger partial charge in [-0.1, -0.05) is 6.07 Å². The molecule has 176 valence electrons. The number of aromatic nitrogens is 4. The van der Waals surface area contributed by atoms with E-state index in [2.05, 4.69) is 30.8 Å². The van der Waals surface area contributed by atoms with Crippen molar-refractivity contribution >= 4 is 17.5 Å². The quantitative estimate of drug-likeness (QED) is 0.320. The first-order chi connectivity index (χ1) is 16.4. The van der Waals surface area contributed by atoms with Crippen LogP contribution in [0.2, 0.25) is 0 Å². The molecule has 10 heteroatoms. The molecule has 0 saturated carbocycles. The molecule has 8 nitrogen and oxygen atoms in total. The molecule has 1 unspecified atom stereocenters. The molecule has 34 heavy (non-hydrogen) atoms. The lowest BCUT2D eigenvalue weighted by atomic mass is 10.1. The molecular formula is C24H24F2N6O2. The topological polar surface area (TPSA) is 97.0 Å². The van der Waals surface area contributed by atoms with Crippen molar-refractivity contribution in [1.82, 2.24) is 20.2 Å². The van der Waals surface area contributed by atoms with Gasteiger partial charge in [0, 0.05) is 29.3 Å². The van der Waals surface area contributed by atoms with Gasteiger partial charge in [-0.05, 0) is 38.1 Å². The Balaban J connectivity index is 1.51. The Morgan fingerprint density at radius 2 is 1.65 bits per heavy atom. The first kappa shape index (κ1) is 23.0. The fourth-order valence-electron chi connectivity index (χ4n) is 3.53. The van der Waals surface area contributed by atoms with E-state index in [0.29, 0.717) is 40.3 Å². The summed E-state index contributed by atoms with van der Waals surface area (Å²) in [5.41, 5.74) is 1.97. The highest BCUT2D eigenvalue weighted by molar-refractivity contribution is 5.68. The normalized spacial score (nSPS) is 11.7. The van der Waals surface area contributed by atoms with E-state index in [1.165, 1.54) is 12.1 Å². The summed E-state index contributed by atoms with van der Waals surface area (Å²) in [5.74, 6) is 2.05. The Bertz CT molecular complexity index is 1310. The van der Waals surface area contributed by atoms with E-state index in [4.69, 9.17) is 9.47 Å². The van der Waals surface area contributed by atoms with Crippen LogP contribution in [0.4, 0.5) is 26.2 Å². The van der Waals surface area contributed by atoms with Crippen molar-refractivity contribution in [2.24, 2.45) is 0 Å². The molecule has 2 heterocycles. The Morgan fingerprint density at radius 3 is 2.38 bits per heavy atom. The summed E-state index contributed by atoms with van der Waals surface area (Å²) < 4.78 is 38.0. The number of aryl methyl sites for hydroxylation is 1. The van der Waals surface area contributed by atoms with Gasteiger partial charge in [0.15, 0.2) is 17.3 Å². The van der Waals surface area contributed by atoms with Crippen LogP contribution in [0.15, 0.2) is 48.5 Å². The highest BCUT2D eigenvalue weighted by atomic mass is 19.1. The van der Waals surface area contributed by atoms with E-state index in [0.717, 1.165) is 17.3 Å². The fourth-order valence-corrected chi connectivity index (χ4v) is 3.53. The number of benzene rings is 2. The van der Waals surface area contributed by atoms with Crippen LogP contribution in [0, 0.1) is 18.6 Å². The zero-order valence-electron chi connectivity index (χ0n) is 19.1. The molecule has 3 N–H and O–H groups in total. The molecule has 0 radical (unpaired) electrons. The van der Waals surface area contributed by atoms with Crippen molar-refractivity contribution in [3.05, 3.63) is 71.6 Å². The molecule has 4 aromatic rings. The highest BCUT2D eigenvalue weighted by Gasteiger charge is 2.14. The average molecular weight is 466 g/mol. The van der Waals surface area contributed by atoms with Crippen molar-refractivity contribution in [2.75, 3.05) is 24.9 Å². The molecule has 0 amide bonds. The minimum Gasteiger partial charge on any atom is -0.493 e. The summed E-state index contributed by atoms with van der Waals surface area (Å²) in [7, 11) is 3.16. The van der Waals surface area contributed by atoms with Crippen molar-refractivity contribution < 1.29 is 18.3 Å². The third-order valence-corrected chi connectivity index (χ3v) is 5.16. The molecule has 2 aromatic carbocycles. The summed E-state index contributed by atoms with van der Waals surface area (Å²) in [5, 5.41) is 13.6. The maximum Gasteiger partial charge on any atom is 0.161 e. The number of ether oxygens (including phenoxy) is 2. The van der Waals surface area contributed by atoms with Crippen LogP contribution in [-0.4, -0.2) is 34.4 Å². The van der Waals surface area contributed by atoms with Crippen LogP contribution in [0.5, 0.6) is 11.5 Å². The summed E-state index contributed by atoms with van der Waals surface area (Å²) in [6.07, 6.45) is 0. The van der Waals surface area contributed by atoms with Gasteiger partial charge in [0.25, 0.3) is 0 Å². The van der Waals surface area contributed by atoms with Gasteiger partial charge >= 0.3 is 0 Å². The van der Waals surface area contributed by atoms with Crippen LogP contribution < -0.4 is 20.1 Å². The van der Waals surface area contributed by atoms with Crippen molar-refractivity contribution in [3.63, 3.8) is 0 Å². The van der Waals surface area contributed by atoms with E-state index in [9.17, 15) is 8.78 Å². The van der Waals surface area contributed by atoms with Crippen LogP contribution in [0.1, 0.15) is 24.4 Å². The lowest BCUT2D eigenvalue weighted by Gasteiger charge is -2.16. The van der Waals surface area contributed by atoms with E-state index < -0.39 is 17.7 Å². The minimum absolute atomic E-state index is 0.332. The third-order valence-electron chi connectivity index (χ3n) is 5.16. The number of halogens is 2. The van der Waals surface area contributed by atoms with Gasteiger partial charge < -0.3 is 20.1 Å². The average Bonchev–Trinajstić information content (AvgIpc) is 3.26. The molecule has 0 bridgehead atoms. The molecule has 4 rings (SSSR count). The predicted molar refractivity (Wildman–Crippen MR) is 126 cm³/mol. The predicted octanol–water partition coefficient (Wildman–Crippen LogP) is 5.39. The van der Waals surface area contributed by atoms with Gasteiger partial charge in [0.05, 0.1) is 26.0 Å². The number of hydrogen-bond donors (Lipinski definition) is 3. The van der Waals surface area contributed by atoms with Gasteiger partial charge in [-0.15, -0.1) is 0 Å². The lowest BCUT2D eigenvalue weighted by Crippen LogP contribution is -2.11. The van der Waals surface area contributed by atoms with E-state index in [-0.39, 0.29) is 0 Å². The highest BCUT2D eigenvalue weighted by Crippen LogP contribution is 2.32. The Kier molecular flexibility index (Phi) is 6.58. The second-order valence-electron chi connectivity index (χ2n) is 7.58. The smallest absolute Gasteiger partial charge is 0.161 e. The van der Waals surface area contributed by atoms with Crippen LogP contribution in [-0.2, 0) is 0 Å². The van der Waals surface area contributed by atoms with Crippen molar-refractivity contribution in [2.45, 2.75) is 19.9 Å². The number of anilines is 3. The van der Waals surface area contributed by atoms with Crippen LogP contribution in [0.25, 0.3) is 11.3 Å². The maximum atomic E-state index is 14.1. The first-order valence-corrected chi connectivity index (χ1v) is 10.5. The molecular weight excluding hydrogens is 442 g/mol. The number of rotatable bonds is 8. The second kappa shape index (κ2) is 9.74. The molecule has 2 aromatic heterocycles. The van der Waals surface area contributed by atoms with E-state index in [1.54, 1.807) is 34.1 Å². The zero-order chi connectivity index (χ0) is 24.2. The third kappa shape index (κ3) is 5.06. The monoisotopic (exact) mass is 466 g/mol. The van der Waals surface area contributed by atoms with Crippen LogP contribution in [0.3, 0.4) is 0 Å². The number of methoxy groups -OCH3 is 2. The summed E-state index contributed by atoms with van der Waals surface area (Å²) in [4.78, 5) is 8.76. The molecule has 0 fully saturated rings. The van der Waals surface area contributed by atoms with E-state index in [1.807, 2.05) is 24.3 Å². The number of hydrogen-bond acceptors (Lipinski definition) is 7. The standard InChI is InChI=1S/C24H24F2N6O2/c1-13(17-7-6-16(25)10-18(17)26)27-22-12-23(29-14(2)28-22)30-24-11-19(31-32-24)15-5-8-20(33-3)21(9-15)34-4/h5-13H,1-4H3,(H3,27,28,29,30,31,32). The molecule has 0 saturated heterocycles. The largest absolute Gasteiger partial charge is 0.493 e. The Labute approximate surface area is 195 Å². The Morgan fingerprint density at radius 1 is 0.882 bits per heavy atom. The SMILES string of the molecule is COc1ccc(-c2cc(Nc3cc(NC(C)c4ccc(F)cc4F)nc(C)n3)n[nH]2)cc1OC. The maximum absolute atomic E-state index is 14.1. The number of aromatic amines is 1. The lowest BCUT2D eigenvalue weighted by molar-refractivity contribution is 0.355. The van der Waals surface area contributed by atoms with Gasteiger partial charge in [0.1, 0.15) is 29.1 Å². The number of nitrogens with zero attached hydrogens (tertiary/aromatic N) is 3. The Hall–Kier alpha value is -4.21.